The van der Waals surface area contributed by atoms with Gasteiger partial charge in [-0.25, -0.2) is 22.6 Å². The molecule has 3 aromatic carbocycles. The highest BCUT2D eigenvalue weighted by Gasteiger charge is 2.36. The molecule has 0 fully saturated rings. The van der Waals surface area contributed by atoms with E-state index in [1.165, 1.54) is 16.8 Å². The number of fused-ring (bicyclic) bond motifs is 1. The number of nitrogens with two attached hydrogens (primary N) is 1. The van der Waals surface area contributed by atoms with Crippen molar-refractivity contribution >= 4 is 11.7 Å². The number of amides is 2. The predicted molar refractivity (Wildman–Crippen MR) is 156 cm³/mol. The fourth-order valence-corrected chi connectivity index (χ4v) is 5.35. The third-order valence-corrected chi connectivity index (χ3v) is 7.61. The first kappa shape index (κ1) is 29.2. The van der Waals surface area contributed by atoms with Crippen molar-refractivity contribution in [2.24, 2.45) is 11.7 Å². The van der Waals surface area contributed by atoms with Gasteiger partial charge in [-0.1, -0.05) is 50.2 Å². The van der Waals surface area contributed by atoms with Gasteiger partial charge in [-0.05, 0) is 43.5 Å². The quantitative estimate of drug-likeness (QED) is 0.242. The predicted octanol–water partition coefficient (Wildman–Crippen LogP) is 6.78. The minimum absolute atomic E-state index is 0.00978. The lowest BCUT2D eigenvalue weighted by Crippen LogP contribution is -2.44. The molecule has 0 saturated heterocycles. The van der Waals surface area contributed by atoms with E-state index in [-0.39, 0.29) is 28.6 Å². The van der Waals surface area contributed by atoms with Gasteiger partial charge in [-0.15, -0.1) is 0 Å². The number of nitrogens with zero attached hydrogens (tertiary/aromatic N) is 3. The fourth-order valence-electron chi connectivity index (χ4n) is 5.35. The molecule has 2 heterocycles. The lowest BCUT2D eigenvalue weighted by molar-refractivity contribution is 0.103. The summed E-state index contributed by atoms with van der Waals surface area (Å²) < 4.78 is 54.0. The van der Waals surface area contributed by atoms with Gasteiger partial charge in [0.25, 0.3) is 0 Å². The van der Waals surface area contributed by atoms with E-state index in [2.05, 4.69) is 36.2 Å². The second kappa shape index (κ2) is 11.5. The van der Waals surface area contributed by atoms with Crippen molar-refractivity contribution < 1.29 is 22.7 Å². The Hall–Kier alpha value is -4.31. The number of urea groups is 1. The molecule has 1 aliphatic heterocycles. The van der Waals surface area contributed by atoms with Gasteiger partial charge in [0.2, 0.25) is 0 Å². The number of nitrogens with one attached hydrogen (secondary N) is 1. The van der Waals surface area contributed by atoms with E-state index in [9.17, 15) is 4.79 Å². The minimum atomic E-state index is -1.03. The number of aromatic nitrogens is 2. The van der Waals surface area contributed by atoms with Crippen molar-refractivity contribution in [2.75, 3.05) is 18.5 Å². The largest absolute Gasteiger partial charge is 0.491 e. The van der Waals surface area contributed by atoms with Crippen LogP contribution in [0, 0.1) is 23.4 Å². The van der Waals surface area contributed by atoms with E-state index in [0.29, 0.717) is 37.4 Å². The van der Waals surface area contributed by atoms with Gasteiger partial charge >= 0.3 is 6.03 Å². The smallest absolute Gasteiger partial charge is 0.316 e. The van der Waals surface area contributed by atoms with Gasteiger partial charge in [-0.3, -0.25) is 4.90 Å². The van der Waals surface area contributed by atoms with Crippen LogP contribution in [0.2, 0.25) is 0 Å². The Morgan fingerprint density at radius 3 is 2.48 bits per heavy atom. The van der Waals surface area contributed by atoms with Crippen LogP contribution in [0.4, 0.5) is 23.7 Å². The molecule has 0 aliphatic carbocycles. The number of hydrogen-bond acceptors (Lipinski definition) is 4. The highest BCUT2D eigenvalue weighted by molar-refractivity contribution is 5.88. The van der Waals surface area contributed by atoms with Gasteiger partial charge < -0.3 is 15.8 Å². The summed E-state index contributed by atoms with van der Waals surface area (Å²) >= 11 is 0. The first-order valence-electron chi connectivity index (χ1n) is 13.9. The Balaban J connectivity index is 1.71. The maximum absolute atomic E-state index is 15.8. The van der Waals surface area contributed by atoms with Gasteiger partial charge in [0.05, 0.1) is 23.7 Å². The van der Waals surface area contributed by atoms with Crippen LogP contribution < -0.4 is 15.8 Å². The first-order valence-corrected chi connectivity index (χ1v) is 13.9. The van der Waals surface area contributed by atoms with Crippen LogP contribution in [-0.2, 0) is 18.5 Å². The highest BCUT2D eigenvalue weighted by atomic mass is 19.1. The lowest BCUT2D eigenvalue weighted by atomic mass is 9.89. The van der Waals surface area contributed by atoms with E-state index in [0.717, 1.165) is 17.7 Å². The maximum Gasteiger partial charge on any atom is 0.316 e. The van der Waals surface area contributed by atoms with Crippen LogP contribution in [0.3, 0.4) is 0 Å². The molecule has 0 atom stereocenters. The fraction of sp³-hybridized carbons (Fsp3) is 0.312. The van der Waals surface area contributed by atoms with E-state index < -0.39 is 34.7 Å². The zero-order valence-corrected chi connectivity index (χ0v) is 24.0. The molecule has 7 nitrogen and oxygen atoms in total. The number of para-hydroxylation sites is 1. The number of halogens is 3. The lowest BCUT2D eigenvalue weighted by Gasteiger charge is -2.41. The van der Waals surface area contributed by atoms with E-state index in [1.807, 2.05) is 32.0 Å². The summed E-state index contributed by atoms with van der Waals surface area (Å²) in [6.45, 7) is 9.48. The first-order chi connectivity index (χ1) is 20.0. The number of ether oxygens (including phenoxy) is 1. The number of carbonyl (C=O) groups excluding carboxylic acids is 1. The molecule has 0 unspecified atom stereocenters. The van der Waals surface area contributed by atoms with Gasteiger partial charge in [0.1, 0.15) is 23.1 Å². The van der Waals surface area contributed by atoms with Gasteiger partial charge in [0.15, 0.2) is 5.82 Å². The number of carbonyl (C=O) groups is 1. The zero-order valence-electron chi connectivity index (χ0n) is 24.0. The van der Waals surface area contributed by atoms with E-state index in [4.69, 9.17) is 15.6 Å². The molecule has 0 spiro atoms. The maximum atomic E-state index is 15.8. The monoisotopic (exact) mass is 577 g/mol. The van der Waals surface area contributed by atoms with E-state index >= 15 is 13.2 Å². The van der Waals surface area contributed by atoms with Crippen molar-refractivity contribution in [1.29, 1.82) is 0 Å². The summed E-state index contributed by atoms with van der Waals surface area (Å²) in [6.07, 6.45) is 0.508. The Morgan fingerprint density at radius 1 is 1.05 bits per heavy atom. The molecule has 3 N–H and O–H groups in total. The van der Waals surface area contributed by atoms with Crippen LogP contribution in [0.25, 0.3) is 16.9 Å². The van der Waals surface area contributed by atoms with E-state index in [1.54, 1.807) is 6.07 Å². The van der Waals surface area contributed by atoms with Crippen LogP contribution in [-0.4, -0.2) is 33.9 Å². The molecule has 0 saturated carbocycles. The third-order valence-electron chi connectivity index (χ3n) is 7.61. The van der Waals surface area contributed by atoms with Crippen molar-refractivity contribution in [3.05, 3.63) is 94.9 Å². The second-order valence-electron chi connectivity index (χ2n) is 11.4. The van der Waals surface area contributed by atoms with Crippen molar-refractivity contribution in [2.45, 2.75) is 46.2 Å². The number of anilines is 1. The Kier molecular flexibility index (Phi) is 8.01. The second-order valence-corrected chi connectivity index (χ2v) is 11.4. The molecule has 5 rings (SSSR count). The van der Waals surface area contributed by atoms with Crippen molar-refractivity contribution in [3.63, 3.8) is 0 Å². The molecule has 4 aromatic rings. The summed E-state index contributed by atoms with van der Waals surface area (Å²) in [5, 5.41) is 6.87. The average Bonchev–Trinajstić information content (AvgIpc) is 3.32. The van der Waals surface area contributed by atoms with Gasteiger partial charge in [-0.2, -0.15) is 5.10 Å². The molecule has 0 bridgehead atoms. The summed E-state index contributed by atoms with van der Waals surface area (Å²) in [5.74, 6) is -1.94. The van der Waals surface area contributed by atoms with Crippen molar-refractivity contribution in [1.82, 2.24) is 14.7 Å². The minimum Gasteiger partial charge on any atom is -0.491 e. The standard InChI is InChI=1S/C32H34F3N5O2/c1-19(2)18-42-28-12-8-11-23(33)30(28)40-29(21-15-25(35)27(16-24(21)34)37-31(36)41)22-17-39(14-13-26(22)38-40)32(3,4)20-9-6-5-7-10-20/h5-12,15-16,19H,13-14,17-18H2,1-4H3,(H3,36,37,41). The molecule has 0 radical (unpaired) electrons. The number of primary amides is 1. The Labute approximate surface area is 243 Å². The highest BCUT2D eigenvalue weighted by Crippen LogP contribution is 2.41. The summed E-state index contributed by atoms with van der Waals surface area (Å²) in [5.41, 5.74) is 6.83. The van der Waals surface area contributed by atoms with Crippen molar-refractivity contribution in [3.8, 4) is 22.7 Å². The SMILES string of the molecule is CC(C)COc1cccc(F)c1-n1nc2c(c1-c1cc(F)c(NC(N)=O)cc1F)CN(C(C)(C)c1ccccc1)CC2. The molecular weight excluding hydrogens is 543 g/mol. The topological polar surface area (TPSA) is 85.4 Å². The number of hydrogen-bond donors (Lipinski definition) is 2. The summed E-state index contributed by atoms with van der Waals surface area (Å²) in [4.78, 5) is 13.6. The van der Waals surface area contributed by atoms with Crippen LogP contribution in [0.5, 0.6) is 5.75 Å². The zero-order chi connectivity index (χ0) is 30.2. The number of benzene rings is 3. The summed E-state index contributed by atoms with van der Waals surface area (Å²) in [7, 11) is 0. The molecule has 1 aliphatic rings. The number of rotatable bonds is 8. The Bertz CT molecular complexity index is 1620. The van der Waals surface area contributed by atoms with Crippen LogP contribution in [0.1, 0.15) is 44.5 Å². The normalized spacial score (nSPS) is 13.7. The molecular formula is C32H34F3N5O2. The summed E-state index contributed by atoms with van der Waals surface area (Å²) in [6, 6.07) is 15.3. The van der Waals surface area contributed by atoms with Gasteiger partial charge in [0, 0.05) is 42.2 Å². The van der Waals surface area contributed by atoms with Crippen LogP contribution >= 0.6 is 0 Å². The molecule has 42 heavy (non-hydrogen) atoms. The third kappa shape index (κ3) is 5.59. The average molecular weight is 578 g/mol. The molecule has 2 amide bonds. The molecule has 1 aromatic heterocycles. The molecule has 10 heteroatoms. The van der Waals surface area contributed by atoms with Crippen LogP contribution in [0.15, 0.2) is 60.7 Å². The Morgan fingerprint density at radius 2 is 1.79 bits per heavy atom. The molecule has 220 valence electrons.